The van der Waals surface area contributed by atoms with Gasteiger partial charge >= 0.3 is 6.09 Å². The highest BCUT2D eigenvalue weighted by Crippen LogP contribution is 2.34. The number of aryl methyl sites for hydroxylation is 1. The van der Waals surface area contributed by atoms with Gasteiger partial charge in [0, 0.05) is 17.8 Å². The van der Waals surface area contributed by atoms with Crippen molar-refractivity contribution in [1.82, 2.24) is 10.2 Å². The smallest absolute Gasteiger partial charge is 0.408 e. The molecule has 3 amide bonds. The van der Waals surface area contributed by atoms with E-state index in [0.717, 1.165) is 30.0 Å². The topological polar surface area (TPSA) is 108 Å². The summed E-state index contributed by atoms with van der Waals surface area (Å²) >= 11 is 0. The Labute approximate surface area is 262 Å². The number of carbonyl (C=O) groups is 3. The maximum atomic E-state index is 14.5. The molecule has 0 fully saturated rings. The molecule has 3 aromatic rings. The molecular weight excluding hydrogens is 554 g/mol. The lowest BCUT2D eigenvalue weighted by molar-refractivity contribution is -0.141. The molecule has 0 saturated heterocycles. The summed E-state index contributed by atoms with van der Waals surface area (Å²) in [5, 5.41) is 19.0. The first-order chi connectivity index (χ1) is 20.8. The van der Waals surface area contributed by atoms with Crippen molar-refractivity contribution in [2.75, 3.05) is 11.9 Å². The van der Waals surface area contributed by atoms with Crippen LogP contribution >= 0.6 is 0 Å². The second-order valence-corrected chi connectivity index (χ2v) is 12.9. The average Bonchev–Trinajstić information content (AvgIpc) is 2.94. The Morgan fingerprint density at radius 1 is 0.932 bits per heavy atom. The van der Waals surface area contributed by atoms with Crippen LogP contribution in [-0.4, -0.2) is 46.1 Å². The minimum atomic E-state index is -1.15. The Balaban J connectivity index is 2.08. The number of para-hydroxylation sites is 1. The number of amides is 3. The number of benzene rings is 3. The molecule has 0 bridgehead atoms. The Bertz CT molecular complexity index is 1430. The van der Waals surface area contributed by atoms with Crippen LogP contribution in [0.25, 0.3) is 10.8 Å². The standard InChI is InChI=1S/C36H49N3O5/c1-8-9-10-13-21-39(34(42)30(22-24(2)3)38-35(43)44-36(5,6)7)31(29-18-14-15-25(4)32(29)40)33(41)37-28-20-19-26-16-11-12-17-27(26)23-28/h11-12,14-20,23-24,30-31,40H,8-10,13,21-22H2,1-7H3,(H,37,41)(H,38,43). The van der Waals surface area contributed by atoms with E-state index in [4.69, 9.17) is 4.74 Å². The van der Waals surface area contributed by atoms with Gasteiger partial charge in [0.25, 0.3) is 5.91 Å². The summed E-state index contributed by atoms with van der Waals surface area (Å²) in [6.07, 6.45) is 3.17. The molecule has 0 aliphatic rings. The molecule has 0 saturated carbocycles. The van der Waals surface area contributed by atoms with Crippen LogP contribution in [0.1, 0.15) is 90.8 Å². The highest BCUT2D eigenvalue weighted by atomic mass is 16.6. The summed E-state index contributed by atoms with van der Waals surface area (Å²) in [5.74, 6) is -0.831. The maximum absolute atomic E-state index is 14.5. The van der Waals surface area contributed by atoms with Gasteiger partial charge in [0.2, 0.25) is 5.91 Å². The fourth-order valence-corrected chi connectivity index (χ4v) is 5.25. The summed E-state index contributed by atoms with van der Waals surface area (Å²) in [5.41, 5.74) is 0.753. The molecule has 0 aliphatic heterocycles. The van der Waals surface area contributed by atoms with Gasteiger partial charge < -0.3 is 25.4 Å². The highest BCUT2D eigenvalue weighted by Gasteiger charge is 2.37. The molecular formula is C36H49N3O5. The number of phenols is 1. The molecule has 8 nitrogen and oxygen atoms in total. The van der Waals surface area contributed by atoms with Crippen LogP contribution in [0.3, 0.4) is 0 Å². The second kappa shape index (κ2) is 15.6. The van der Waals surface area contributed by atoms with Crippen molar-refractivity contribution in [3.63, 3.8) is 0 Å². The molecule has 2 atom stereocenters. The quantitative estimate of drug-likeness (QED) is 0.172. The van der Waals surface area contributed by atoms with Gasteiger partial charge in [0.05, 0.1) is 0 Å². The molecule has 238 valence electrons. The molecule has 3 N–H and O–H groups in total. The van der Waals surface area contributed by atoms with Crippen molar-refractivity contribution in [2.45, 2.75) is 98.3 Å². The van der Waals surface area contributed by atoms with Gasteiger partial charge in [-0.25, -0.2) is 4.79 Å². The van der Waals surface area contributed by atoms with E-state index in [9.17, 15) is 19.5 Å². The predicted molar refractivity (Wildman–Crippen MR) is 177 cm³/mol. The lowest BCUT2D eigenvalue weighted by atomic mass is 9.96. The third-order valence-electron chi connectivity index (χ3n) is 7.37. The van der Waals surface area contributed by atoms with Crippen LogP contribution in [0, 0.1) is 12.8 Å². The minimum Gasteiger partial charge on any atom is -0.507 e. The monoisotopic (exact) mass is 603 g/mol. The number of hydrogen-bond acceptors (Lipinski definition) is 5. The van der Waals surface area contributed by atoms with E-state index >= 15 is 0 Å². The summed E-state index contributed by atoms with van der Waals surface area (Å²) in [4.78, 5) is 43.1. The van der Waals surface area contributed by atoms with Gasteiger partial charge in [0.15, 0.2) is 0 Å². The number of rotatable bonds is 13. The number of alkyl carbamates (subject to hydrolysis) is 1. The summed E-state index contributed by atoms with van der Waals surface area (Å²) in [6, 6.07) is 16.6. The molecule has 0 heterocycles. The number of hydrogen-bond donors (Lipinski definition) is 3. The third-order valence-corrected chi connectivity index (χ3v) is 7.37. The van der Waals surface area contributed by atoms with E-state index in [2.05, 4.69) is 17.6 Å². The summed E-state index contributed by atoms with van der Waals surface area (Å²) in [7, 11) is 0. The lowest BCUT2D eigenvalue weighted by Gasteiger charge is -2.35. The number of nitrogens with one attached hydrogen (secondary N) is 2. The van der Waals surface area contributed by atoms with E-state index < -0.39 is 35.6 Å². The maximum Gasteiger partial charge on any atom is 0.408 e. The normalized spacial score (nSPS) is 12.9. The molecule has 0 spiro atoms. The second-order valence-electron chi connectivity index (χ2n) is 12.9. The van der Waals surface area contributed by atoms with E-state index in [-0.39, 0.29) is 18.2 Å². The first-order valence-electron chi connectivity index (χ1n) is 15.7. The Kier molecular flexibility index (Phi) is 12.2. The largest absolute Gasteiger partial charge is 0.507 e. The van der Waals surface area contributed by atoms with Crippen molar-refractivity contribution >= 4 is 34.4 Å². The average molecular weight is 604 g/mol. The van der Waals surface area contributed by atoms with Crippen LogP contribution in [0.5, 0.6) is 5.75 Å². The number of ether oxygens (including phenoxy) is 1. The van der Waals surface area contributed by atoms with Crippen molar-refractivity contribution in [2.24, 2.45) is 5.92 Å². The van der Waals surface area contributed by atoms with E-state index in [1.807, 2.05) is 56.3 Å². The van der Waals surface area contributed by atoms with Crippen LogP contribution < -0.4 is 10.6 Å². The van der Waals surface area contributed by atoms with E-state index in [1.54, 1.807) is 45.9 Å². The molecule has 3 rings (SSSR count). The zero-order chi connectivity index (χ0) is 32.4. The van der Waals surface area contributed by atoms with Gasteiger partial charge in [-0.2, -0.15) is 0 Å². The first-order valence-corrected chi connectivity index (χ1v) is 15.7. The van der Waals surface area contributed by atoms with E-state index in [1.165, 1.54) is 4.90 Å². The number of phenolic OH excluding ortho intramolecular Hbond substituents is 1. The molecule has 0 aliphatic carbocycles. The zero-order valence-electron chi connectivity index (χ0n) is 27.3. The van der Waals surface area contributed by atoms with Crippen LogP contribution in [0.2, 0.25) is 0 Å². The minimum absolute atomic E-state index is 0.0435. The van der Waals surface area contributed by atoms with Gasteiger partial charge in [-0.15, -0.1) is 0 Å². The highest BCUT2D eigenvalue weighted by molar-refractivity contribution is 6.00. The summed E-state index contributed by atoms with van der Waals surface area (Å²) in [6.45, 7) is 13.4. The molecule has 2 unspecified atom stereocenters. The van der Waals surface area contributed by atoms with Crippen LogP contribution in [0.15, 0.2) is 60.7 Å². The number of anilines is 1. The van der Waals surface area contributed by atoms with Gasteiger partial charge in [0.1, 0.15) is 23.4 Å². The van der Waals surface area contributed by atoms with Crippen molar-refractivity contribution in [3.05, 3.63) is 71.8 Å². The molecule has 8 heteroatoms. The SMILES string of the molecule is CCCCCCN(C(=O)C(CC(C)C)NC(=O)OC(C)(C)C)C(C(=O)Nc1ccc2ccccc2c1)c1cccc(C)c1O. The molecule has 0 aromatic heterocycles. The third kappa shape index (κ3) is 9.73. The Hall–Kier alpha value is -4.07. The summed E-state index contributed by atoms with van der Waals surface area (Å²) < 4.78 is 5.49. The fourth-order valence-electron chi connectivity index (χ4n) is 5.25. The molecule has 0 radical (unpaired) electrons. The predicted octanol–water partition coefficient (Wildman–Crippen LogP) is 7.88. The Morgan fingerprint density at radius 2 is 1.64 bits per heavy atom. The van der Waals surface area contributed by atoms with Crippen molar-refractivity contribution < 1.29 is 24.2 Å². The number of unbranched alkanes of at least 4 members (excludes halogenated alkanes) is 3. The zero-order valence-corrected chi connectivity index (χ0v) is 27.3. The van der Waals surface area contributed by atoms with Crippen molar-refractivity contribution in [1.29, 1.82) is 0 Å². The fraction of sp³-hybridized carbons (Fsp3) is 0.472. The van der Waals surface area contributed by atoms with Crippen LogP contribution in [-0.2, 0) is 14.3 Å². The molecule has 44 heavy (non-hydrogen) atoms. The number of fused-ring (bicyclic) bond motifs is 1. The Morgan fingerprint density at radius 3 is 2.30 bits per heavy atom. The number of aromatic hydroxyl groups is 1. The molecule has 3 aromatic carbocycles. The van der Waals surface area contributed by atoms with Gasteiger partial charge in [-0.05, 0) is 74.9 Å². The van der Waals surface area contributed by atoms with E-state index in [0.29, 0.717) is 29.7 Å². The van der Waals surface area contributed by atoms with Crippen LogP contribution in [0.4, 0.5) is 10.5 Å². The van der Waals surface area contributed by atoms with Gasteiger partial charge in [-0.1, -0.05) is 88.6 Å². The van der Waals surface area contributed by atoms with Gasteiger partial charge in [-0.3, -0.25) is 9.59 Å². The first kappa shape index (κ1) is 34.4. The number of carbonyl (C=O) groups excluding carboxylic acids is 3. The number of nitrogens with zero attached hydrogens (tertiary/aromatic N) is 1. The lowest BCUT2D eigenvalue weighted by Crippen LogP contribution is -2.53. The van der Waals surface area contributed by atoms with Crippen molar-refractivity contribution in [3.8, 4) is 5.75 Å².